The van der Waals surface area contributed by atoms with Gasteiger partial charge in [0.2, 0.25) is 5.91 Å². The Morgan fingerprint density at radius 3 is 2.45 bits per heavy atom. The molecular weight excluding hydrogens is 415 g/mol. The van der Waals surface area contributed by atoms with Crippen molar-refractivity contribution < 1.29 is 27.6 Å². The van der Waals surface area contributed by atoms with Gasteiger partial charge in [-0.05, 0) is 50.2 Å². The number of aromatic nitrogens is 1. The van der Waals surface area contributed by atoms with Crippen LogP contribution in [0.25, 0.3) is 0 Å². The lowest BCUT2D eigenvalue weighted by molar-refractivity contribution is -0.201. The quantitative estimate of drug-likeness (QED) is 0.699. The summed E-state index contributed by atoms with van der Waals surface area (Å²) in [6.07, 6.45) is -1.62. The maximum Gasteiger partial charge on any atom is 0.403 e. The van der Waals surface area contributed by atoms with Crippen molar-refractivity contribution in [2.45, 2.75) is 50.7 Å². The molecule has 1 aliphatic heterocycles. The smallest absolute Gasteiger partial charge is 0.383 e. The van der Waals surface area contributed by atoms with Crippen LogP contribution in [-0.4, -0.2) is 64.4 Å². The van der Waals surface area contributed by atoms with Crippen LogP contribution in [0.4, 0.5) is 24.7 Å². The molecule has 3 N–H and O–H groups in total. The zero-order valence-electron chi connectivity index (χ0n) is 17.0. The van der Waals surface area contributed by atoms with Crippen molar-refractivity contribution in [3.05, 3.63) is 17.8 Å². The van der Waals surface area contributed by atoms with E-state index in [4.69, 9.17) is 5.73 Å². The highest BCUT2D eigenvalue weighted by molar-refractivity contribution is 6.39. The van der Waals surface area contributed by atoms with Crippen molar-refractivity contribution in [3.8, 4) is 0 Å². The molecule has 0 aromatic carbocycles. The predicted molar refractivity (Wildman–Crippen MR) is 105 cm³/mol. The van der Waals surface area contributed by atoms with Crippen molar-refractivity contribution in [1.82, 2.24) is 14.8 Å². The molecule has 168 valence electrons. The number of pyridine rings is 1. The molecule has 3 amide bonds. The normalized spacial score (nSPS) is 22.8. The van der Waals surface area contributed by atoms with Crippen LogP contribution in [0.3, 0.4) is 0 Å². The second-order valence-electron chi connectivity index (χ2n) is 8.61. The lowest BCUT2D eigenvalue weighted by Gasteiger charge is -2.41. The van der Waals surface area contributed by atoms with Crippen LogP contribution >= 0.6 is 0 Å². The molecule has 11 heteroatoms. The summed E-state index contributed by atoms with van der Waals surface area (Å²) in [7, 11) is 0. The topological polar surface area (TPSA) is 109 Å². The first kappa shape index (κ1) is 21.4. The van der Waals surface area contributed by atoms with E-state index in [2.05, 4.69) is 10.3 Å². The molecule has 1 saturated heterocycles. The number of nitrogens with two attached hydrogens (primary N) is 1. The Balaban J connectivity index is 1.37. The first-order chi connectivity index (χ1) is 14.5. The molecular formula is C20H24F3N5O3. The van der Waals surface area contributed by atoms with Gasteiger partial charge >= 0.3 is 18.0 Å². The van der Waals surface area contributed by atoms with Gasteiger partial charge in [0.05, 0.1) is 11.9 Å². The Hall–Kier alpha value is -2.85. The summed E-state index contributed by atoms with van der Waals surface area (Å²) in [5.41, 5.74) is 4.76. The minimum Gasteiger partial charge on any atom is -0.383 e. The molecule has 8 nitrogen and oxygen atoms in total. The van der Waals surface area contributed by atoms with E-state index in [1.807, 2.05) is 0 Å². The Morgan fingerprint density at radius 1 is 1.23 bits per heavy atom. The number of carbonyl (C=O) groups excluding carboxylic acids is 3. The van der Waals surface area contributed by atoms with E-state index in [9.17, 15) is 27.6 Å². The van der Waals surface area contributed by atoms with Gasteiger partial charge in [-0.2, -0.15) is 13.2 Å². The van der Waals surface area contributed by atoms with Gasteiger partial charge < -0.3 is 20.9 Å². The minimum atomic E-state index is -4.58. The number of amides is 3. The zero-order valence-corrected chi connectivity index (χ0v) is 17.0. The largest absolute Gasteiger partial charge is 0.403 e. The second-order valence-corrected chi connectivity index (χ2v) is 8.61. The van der Waals surface area contributed by atoms with Crippen molar-refractivity contribution >= 4 is 29.2 Å². The standard InChI is InChI=1S/C20H24F3N5O3/c1-11-10-27(6-7-28(11)18(31)19(4-5-19)20(21,22)23)17(30)16(29)26-13-8-14(12-2-3-12)15(24)25-9-13/h8-9,11-12H,2-7,10H2,1H3,(H2,24,25)(H,26,29). The van der Waals surface area contributed by atoms with Gasteiger partial charge in [-0.25, -0.2) is 4.98 Å². The predicted octanol–water partition coefficient (Wildman–Crippen LogP) is 1.88. The first-order valence-electron chi connectivity index (χ1n) is 10.3. The average molecular weight is 439 g/mol. The molecule has 3 fully saturated rings. The number of nitrogens with zero attached hydrogens (tertiary/aromatic N) is 3. The molecule has 4 rings (SSSR count). The number of halogens is 3. The number of nitrogens with one attached hydrogen (secondary N) is 1. The van der Waals surface area contributed by atoms with Crippen molar-refractivity contribution in [2.24, 2.45) is 5.41 Å². The molecule has 2 saturated carbocycles. The summed E-state index contributed by atoms with van der Waals surface area (Å²) in [6, 6.07) is 1.08. The lowest BCUT2D eigenvalue weighted by Crippen LogP contribution is -2.59. The number of hydrogen-bond acceptors (Lipinski definition) is 5. The number of piperazine rings is 1. The summed E-state index contributed by atoms with van der Waals surface area (Å²) in [4.78, 5) is 44.0. The van der Waals surface area contributed by atoms with Gasteiger partial charge in [0, 0.05) is 25.7 Å². The molecule has 1 aromatic heterocycles. The number of anilines is 2. The highest BCUT2D eigenvalue weighted by atomic mass is 19.4. The highest BCUT2D eigenvalue weighted by Gasteiger charge is 2.69. The van der Waals surface area contributed by atoms with Gasteiger partial charge in [-0.3, -0.25) is 14.4 Å². The molecule has 1 atom stereocenters. The molecule has 1 aromatic rings. The van der Waals surface area contributed by atoms with Gasteiger partial charge in [-0.1, -0.05) is 0 Å². The van der Waals surface area contributed by atoms with Gasteiger partial charge in [0.15, 0.2) is 0 Å². The third-order valence-corrected chi connectivity index (χ3v) is 6.30. The van der Waals surface area contributed by atoms with E-state index in [-0.39, 0.29) is 32.5 Å². The number of rotatable bonds is 3. The fourth-order valence-electron chi connectivity index (χ4n) is 4.07. The summed E-state index contributed by atoms with van der Waals surface area (Å²) < 4.78 is 39.8. The number of nitrogen functional groups attached to an aromatic ring is 1. The van der Waals surface area contributed by atoms with E-state index in [0.717, 1.165) is 18.4 Å². The fraction of sp³-hybridized carbons (Fsp3) is 0.600. The lowest BCUT2D eigenvalue weighted by atomic mass is 10.0. The second kappa shape index (κ2) is 7.38. The Kier molecular flexibility index (Phi) is 5.09. The molecule has 0 bridgehead atoms. The molecule has 3 aliphatic rings. The van der Waals surface area contributed by atoms with Crippen molar-refractivity contribution in [3.63, 3.8) is 0 Å². The summed E-state index contributed by atoms with van der Waals surface area (Å²) >= 11 is 0. The molecule has 1 unspecified atom stereocenters. The van der Waals surface area contributed by atoms with Crippen LogP contribution in [0.15, 0.2) is 12.3 Å². The maximum atomic E-state index is 13.3. The summed E-state index contributed by atoms with van der Waals surface area (Å²) in [5, 5.41) is 2.51. The summed E-state index contributed by atoms with van der Waals surface area (Å²) in [6.45, 7) is 1.50. The van der Waals surface area contributed by atoms with E-state index in [1.54, 1.807) is 13.0 Å². The number of hydrogen-bond donors (Lipinski definition) is 2. The summed E-state index contributed by atoms with van der Waals surface area (Å²) in [5.74, 6) is -1.90. The van der Waals surface area contributed by atoms with Gasteiger partial charge in [-0.15, -0.1) is 0 Å². The Morgan fingerprint density at radius 2 is 1.90 bits per heavy atom. The molecule has 0 radical (unpaired) electrons. The molecule has 2 aliphatic carbocycles. The van der Waals surface area contributed by atoms with Crippen LogP contribution in [0.5, 0.6) is 0 Å². The molecule has 2 heterocycles. The first-order valence-corrected chi connectivity index (χ1v) is 10.3. The third-order valence-electron chi connectivity index (χ3n) is 6.30. The fourth-order valence-corrected chi connectivity index (χ4v) is 4.07. The van der Waals surface area contributed by atoms with E-state index >= 15 is 0 Å². The highest BCUT2D eigenvalue weighted by Crippen LogP contribution is 2.58. The third kappa shape index (κ3) is 3.92. The van der Waals surface area contributed by atoms with Crippen LogP contribution in [0.1, 0.15) is 44.1 Å². The van der Waals surface area contributed by atoms with Crippen LogP contribution < -0.4 is 11.1 Å². The van der Waals surface area contributed by atoms with E-state index in [0.29, 0.717) is 17.4 Å². The Bertz CT molecular complexity index is 927. The number of carbonyl (C=O) groups is 3. The molecule has 0 spiro atoms. The maximum absolute atomic E-state index is 13.3. The van der Waals surface area contributed by atoms with E-state index in [1.165, 1.54) is 16.0 Å². The minimum absolute atomic E-state index is 0.0103. The monoisotopic (exact) mass is 439 g/mol. The van der Waals surface area contributed by atoms with Crippen molar-refractivity contribution in [2.75, 3.05) is 30.7 Å². The molecule has 31 heavy (non-hydrogen) atoms. The average Bonchev–Trinajstić information content (AvgIpc) is 3.60. The van der Waals surface area contributed by atoms with Crippen LogP contribution in [0, 0.1) is 5.41 Å². The van der Waals surface area contributed by atoms with Crippen LogP contribution in [-0.2, 0) is 14.4 Å². The SMILES string of the molecule is CC1CN(C(=O)C(=O)Nc2cnc(N)c(C3CC3)c2)CCN1C(=O)C1(C(F)(F)F)CC1. The zero-order chi connectivity index (χ0) is 22.6. The van der Waals surface area contributed by atoms with E-state index < -0.39 is 35.4 Å². The van der Waals surface area contributed by atoms with Crippen molar-refractivity contribution in [1.29, 1.82) is 0 Å². The van der Waals surface area contributed by atoms with Gasteiger partial charge in [0.25, 0.3) is 0 Å². The Labute approximate surface area is 176 Å². The number of alkyl halides is 3. The van der Waals surface area contributed by atoms with Crippen LogP contribution in [0.2, 0.25) is 0 Å². The van der Waals surface area contributed by atoms with Gasteiger partial charge in [0.1, 0.15) is 11.2 Å².